The fraction of sp³-hybridized carbons (Fsp3) is 0.233. The van der Waals surface area contributed by atoms with E-state index in [0.717, 1.165) is 52.5 Å². The molecule has 0 radical (unpaired) electrons. The molecule has 2 aromatic carbocycles. The Morgan fingerprint density at radius 2 is 1.89 bits per heavy atom. The normalized spacial score (nSPS) is 13.9. The number of nitrogens with one attached hydrogen (secondary N) is 3. The summed E-state index contributed by atoms with van der Waals surface area (Å²) >= 11 is 0. The highest BCUT2D eigenvalue weighted by Gasteiger charge is 2.17. The first-order chi connectivity index (χ1) is 18.5. The minimum atomic E-state index is -0.259. The zero-order chi connectivity index (χ0) is 26.1. The lowest BCUT2D eigenvalue weighted by Gasteiger charge is -2.14. The molecule has 0 atom stereocenters. The molecule has 1 saturated heterocycles. The van der Waals surface area contributed by atoms with Gasteiger partial charge in [-0.15, -0.1) is 0 Å². The molecule has 1 fully saturated rings. The highest BCUT2D eigenvalue weighted by atomic mass is 19.1. The lowest BCUT2D eigenvalue weighted by molar-refractivity contribution is 0.334. The van der Waals surface area contributed by atoms with Crippen molar-refractivity contribution in [3.63, 3.8) is 0 Å². The lowest BCUT2D eigenvalue weighted by atomic mass is 9.99. The number of rotatable bonds is 8. The molecule has 5 aromatic rings. The average molecular weight is 508 g/mol. The minimum absolute atomic E-state index is 0.259. The van der Waals surface area contributed by atoms with E-state index in [2.05, 4.69) is 25.1 Å². The molecule has 192 valence electrons. The van der Waals surface area contributed by atoms with Gasteiger partial charge in [-0.1, -0.05) is 6.07 Å². The fourth-order valence-electron chi connectivity index (χ4n) is 5.37. The van der Waals surface area contributed by atoms with Crippen LogP contribution in [0.4, 0.5) is 10.1 Å². The van der Waals surface area contributed by atoms with Gasteiger partial charge in [0.25, 0.3) is 0 Å². The maximum absolute atomic E-state index is 14.7. The number of likely N-dealkylation sites (tertiary alicyclic amines) is 1. The third kappa shape index (κ3) is 4.82. The van der Waals surface area contributed by atoms with E-state index in [1.165, 1.54) is 32.0 Å². The van der Waals surface area contributed by atoms with Crippen molar-refractivity contribution in [1.82, 2.24) is 25.1 Å². The molecule has 0 aliphatic carbocycles. The Kier molecular flexibility index (Phi) is 6.47. The van der Waals surface area contributed by atoms with Crippen LogP contribution in [-0.2, 0) is 6.42 Å². The molecule has 8 heteroatoms. The molecule has 3 aromatic heterocycles. The largest absolute Gasteiger partial charge is 0.398 e. The summed E-state index contributed by atoms with van der Waals surface area (Å²) < 4.78 is 14.7. The van der Waals surface area contributed by atoms with Gasteiger partial charge in [0.2, 0.25) is 0 Å². The maximum Gasteiger partial charge on any atom is 0.124 e. The number of pyridine rings is 1. The number of nitrogens with two attached hydrogens (primary N) is 1. The van der Waals surface area contributed by atoms with E-state index in [0.29, 0.717) is 22.6 Å². The van der Waals surface area contributed by atoms with E-state index >= 15 is 0 Å². The maximum atomic E-state index is 14.7. The van der Waals surface area contributed by atoms with E-state index in [-0.39, 0.29) is 11.5 Å². The highest BCUT2D eigenvalue weighted by Crippen LogP contribution is 2.31. The van der Waals surface area contributed by atoms with Crippen molar-refractivity contribution >= 4 is 22.3 Å². The van der Waals surface area contributed by atoms with Crippen LogP contribution in [0.1, 0.15) is 36.1 Å². The van der Waals surface area contributed by atoms with Crippen molar-refractivity contribution < 1.29 is 4.39 Å². The minimum Gasteiger partial charge on any atom is -0.398 e. The van der Waals surface area contributed by atoms with Crippen LogP contribution in [0.2, 0.25) is 0 Å². The van der Waals surface area contributed by atoms with Gasteiger partial charge in [-0.3, -0.25) is 15.5 Å². The summed E-state index contributed by atoms with van der Waals surface area (Å²) in [6.07, 6.45) is 9.64. The van der Waals surface area contributed by atoms with Gasteiger partial charge in [0.1, 0.15) is 5.82 Å². The number of H-pyrrole nitrogens is 2. The number of aromatic nitrogens is 4. The molecule has 4 heterocycles. The van der Waals surface area contributed by atoms with Crippen LogP contribution < -0.4 is 5.73 Å². The Morgan fingerprint density at radius 1 is 1.03 bits per heavy atom. The van der Waals surface area contributed by atoms with E-state index in [1.807, 2.05) is 30.3 Å². The Hall–Kier alpha value is -4.30. The van der Waals surface area contributed by atoms with Gasteiger partial charge >= 0.3 is 0 Å². The zero-order valence-corrected chi connectivity index (χ0v) is 21.1. The number of benzene rings is 2. The summed E-state index contributed by atoms with van der Waals surface area (Å²) in [5, 5.41) is 16.6. The molecule has 5 N–H and O–H groups in total. The number of halogens is 1. The zero-order valence-electron chi connectivity index (χ0n) is 21.1. The van der Waals surface area contributed by atoms with Crippen LogP contribution in [0.25, 0.3) is 33.3 Å². The Bertz CT molecular complexity index is 1600. The topological polar surface area (TPSA) is 110 Å². The second-order valence-electron chi connectivity index (χ2n) is 9.97. The fourth-order valence-corrected chi connectivity index (χ4v) is 5.37. The van der Waals surface area contributed by atoms with Gasteiger partial charge < -0.3 is 15.6 Å². The first-order valence-electron chi connectivity index (χ1n) is 13.0. The van der Waals surface area contributed by atoms with Crippen LogP contribution in [0.5, 0.6) is 0 Å². The third-order valence-corrected chi connectivity index (χ3v) is 7.34. The molecule has 0 amide bonds. The van der Waals surface area contributed by atoms with E-state index < -0.39 is 0 Å². The predicted molar refractivity (Wildman–Crippen MR) is 150 cm³/mol. The molecule has 1 aliphatic heterocycles. The predicted octanol–water partition coefficient (Wildman–Crippen LogP) is 5.79. The van der Waals surface area contributed by atoms with Crippen LogP contribution in [0.3, 0.4) is 0 Å². The molecule has 0 unspecified atom stereocenters. The third-order valence-electron chi connectivity index (χ3n) is 7.34. The second-order valence-corrected chi connectivity index (χ2v) is 9.97. The second kappa shape index (κ2) is 10.2. The monoisotopic (exact) mass is 507 g/mol. The van der Waals surface area contributed by atoms with Crippen molar-refractivity contribution in [2.75, 3.05) is 25.4 Å². The molecular formula is C30H30FN7. The molecule has 38 heavy (non-hydrogen) atoms. The summed E-state index contributed by atoms with van der Waals surface area (Å²) in [7, 11) is 0. The van der Waals surface area contributed by atoms with Crippen molar-refractivity contribution in [1.29, 1.82) is 5.41 Å². The van der Waals surface area contributed by atoms with Gasteiger partial charge in [0.05, 0.1) is 23.3 Å². The van der Waals surface area contributed by atoms with Crippen molar-refractivity contribution in [3.05, 3.63) is 89.8 Å². The van der Waals surface area contributed by atoms with Crippen molar-refractivity contribution in [2.45, 2.75) is 25.7 Å². The highest BCUT2D eigenvalue weighted by molar-refractivity contribution is 6.15. The summed E-state index contributed by atoms with van der Waals surface area (Å²) in [5.74, 6) is -0.259. The number of fused-ring (bicyclic) bond motifs is 1. The number of hydrogen-bond acceptors (Lipinski definition) is 5. The summed E-state index contributed by atoms with van der Waals surface area (Å²) in [5.41, 5.74) is 13.4. The molecule has 0 bridgehead atoms. The number of nitrogen functional groups attached to an aromatic ring is 1. The number of aromatic amines is 2. The summed E-state index contributed by atoms with van der Waals surface area (Å²) in [4.78, 5) is 10.4. The first-order valence-corrected chi connectivity index (χ1v) is 13.0. The summed E-state index contributed by atoms with van der Waals surface area (Å²) in [6.45, 7) is 3.39. The van der Waals surface area contributed by atoms with E-state index in [1.54, 1.807) is 30.7 Å². The van der Waals surface area contributed by atoms with E-state index in [4.69, 9.17) is 11.1 Å². The van der Waals surface area contributed by atoms with Crippen LogP contribution in [0, 0.1) is 11.2 Å². The Morgan fingerprint density at radius 3 is 2.71 bits per heavy atom. The molecule has 0 saturated carbocycles. The van der Waals surface area contributed by atoms with Gasteiger partial charge in [-0.2, -0.15) is 5.10 Å². The van der Waals surface area contributed by atoms with E-state index in [9.17, 15) is 4.39 Å². The van der Waals surface area contributed by atoms with Crippen LogP contribution in [-0.4, -0.2) is 50.4 Å². The van der Waals surface area contributed by atoms with Gasteiger partial charge in [-0.25, -0.2) is 4.39 Å². The number of anilines is 1. The number of hydrogen-bond donors (Lipinski definition) is 4. The molecular weight excluding hydrogens is 477 g/mol. The smallest absolute Gasteiger partial charge is 0.124 e. The lowest BCUT2D eigenvalue weighted by Crippen LogP contribution is -2.20. The molecule has 1 aliphatic rings. The van der Waals surface area contributed by atoms with Gasteiger partial charge in [0.15, 0.2) is 0 Å². The Labute approximate surface area is 220 Å². The van der Waals surface area contributed by atoms with Crippen molar-refractivity contribution in [2.24, 2.45) is 0 Å². The number of aryl methyl sites for hydroxylation is 1. The average Bonchev–Trinajstić information content (AvgIpc) is 3.70. The van der Waals surface area contributed by atoms with Gasteiger partial charge in [-0.05, 0) is 98.9 Å². The molecule has 6 rings (SSSR count). The quantitative estimate of drug-likeness (QED) is 0.157. The first kappa shape index (κ1) is 24.1. The Balaban J connectivity index is 1.30. The standard InChI is InChI=1S/C30H30FN7/c31-23-13-19(4-3-11-38-9-1-2-10-38)12-21(14-23)30-25-16-28(37-27(25)7-8-34-30)29(33)24-15-20(5-6-26(24)32)22-17-35-36-18-22/h5-8,12-18,33,37H,1-4,9-11,32H2,(H,35,36). The SMILES string of the molecule is N=C(c1cc2c(-c3cc(F)cc(CCCN4CCCC4)c3)nccc2[nH]1)c1cc(-c2cn[nH]c2)ccc1N. The molecule has 0 spiro atoms. The van der Waals surface area contributed by atoms with Crippen LogP contribution >= 0.6 is 0 Å². The van der Waals surface area contributed by atoms with Crippen LogP contribution in [0.15, 0.2) is 67.1 Å². The van der Waals surface area contributed by atoms with Crippen molar-refractivity contribution in [3.8, 4) is 22.4 Å². The number of nitrogens with zero attached hydrogens (tertiary/aromatic N) is 3. The molecule has 7 nitrogen and oxygen atoms in total. The van der Waals surface area contributed by atoms with Gasteiger partial charge in [0, 0.05) is 45.7 Å². The summed E-state index contributed by atoms with van der Waals surface area (Å²) in [6, 6.07) is 14.6.